The lowest BCUT2D eigenvalue weighted by Gasteiger charge is -2.35. The van der Waals surface area contributed by atoms with Gasteiger partial charge in [0.25, 0.3) is 0 Å². The number of hydrogen-bond donors (Lipinski definition) is 0. The molecule has 0 bridgehead atoms. The van der Waals surface area contributed by atoms with Crippen molar-refractivity contribution < 1.29 is 14.3 Å². The van der Waals surface area contributed by atoms with Gasteiger partial charge < -0.3 is 9.47 Å². The predicted molar refractivity (Wildman–Crippen MR) is 73.8 cm³/mol. The molecule has 1 aliphatic heterocycles. The first-order valence-electron chi connectivity index (χ1n) is 6.72. The van der Waals surface area contributed by atoms with Crippen molar-refractivity contribution in [1.82, 2.24) is 4.90 Å². The third kappa shape index (κ3) is 4.04. The van der Waals surface area contributed by atoms with Crippen molar-refractivity contribution in [2.24, 2.45) is 0 Å². The van der Waals surface area contributed by atoms with Gasteiger partial charge in [0.05, 0.1) is 6.61 Å². The van der Waals surface area contributed by atoms with Gasteiger partial charge in [-0.05, 0) is 26.0 Å². The van der Waals surface area contributed by atoms with Gasteiger partial charge in [0, 0.05) is 24.7 Å². The molecule has 2 rings (SSSR count). The van der Waals surface area contributed by atoms with Crippen LogP contribution in [0.5, 0.6) is 5.75 Å². The summed E-state index contributed by atoms with van der Waals surface area (Å²) in [6.07, 6.45) is 0.917. The van der Waals surface area contributed by atoms with Gasteiger partial charge in [-0.1, -0.05) is 12.1 Å². The van der Waals surface area contributed by atoms with Crippen LogP contribution in [-0.4, -0.2) is 49.6 Å². The summed E-state index contributed by atoms with van der Waals surface area (Å²) in [6, 6.07) is 7.72. The third-order valence-electron chi connectivity index (χ3n) is 3.33. The van der Waals surface area contributed by atoms with Gasteiger partial charge >= 0.3 is 0 Å². The topological polar surface area (TPSA) is 38.8 Å². The fourth-order valence-electron chi connectivity index (χ4n) is 2.18. The van der Waals surface area contributed by atoms with Crippen LogP contribution in [0.2, 0.25) is 0 Å². The zero-order valence-electron chi connectivity index (χ0n) is 11.5. The van der Waals surface area contributed by atoms with Crippen LogP contribution in [0.1, 0.15) is 24.2 Å². The Morgan fingerprint density at radius 1 is 1.53 bits per heavy atom. The molecule has 0 spiro atoms. The molecule has 0 amide bonds. The van der Waals surface area contributed by atoms with E-state index in [1.165, 1.54) is 0 Å². The van der Waals surface area contributed by atoms with E-state index in [9.17, 15) is 4.79 Å². The van der Waals surface area contributed by atoms with E-state index in [-0.39, 0.29) is 6.10 Å². The highest BCUT2D eigenvalue weighted by Gasteiger charge is 2.22. The van der Waals surface area contributed by atoms with E-state index in [1.54, 1.807) is 12.1 Å². The van der Waals surface area contributed by atoms with Crippen LogP contribution in [0.3, 0.4) is 0 Å². The number of rotatable bonds is 5. The van der Waals surface area contributed by atoms with Crippen LogP contribution in [0, 0.1) is 0 Å². The molecule has 4 nitrogen and oxygen atoms in total. The SMILES string of the molecule is CC(C)N1CCOC(COc2cccc(C=O)c2)C1. The number of carbonyl (C=O) groups excluding carboxylic acids is 1. The summed E-state index contributed by atoms with van der Waals surface area (Å²) in [5, 5.41) is 0. The first-order chi connectivity index (χ1) is 9.19. The Labute approximate surface area is 114 Å². The number of aldehydes is 1. The maximum absolute atomic E-state index is 10.7. The van der Waals surface area contributed by atoms with Crippen LogP contribution < -0.4 is 4.74 Å². The number of nitrogens with zero attached hydrogens (tertiary/aromatic N) is 1. The molecule has 0 aromatic heterocycles. The maximum Gasteiger partial charge on any atom is 0.150 e. The van der Waals surface area contributed by atoms with Crippen molar-refractivity contribution in [2.45, 2.75) is 26.0 Å². The van der Waals surface area contributed by atoms with Gasteiger partial charge in [0.1, 0.15) is 24.7 Å². The Hall–Kier alpha value is -1.39. The molecule has 1 aromatic carbocycles. The largest absolute Gasteiger partial charge is 0.491 e. The molecule has 1 saturated heterocycles. The highest BCUT2D eigenvalue weighted by molar-refractivity contribution is 5.75. The van der Waals surface area contributed by atoms with Crippen molar-refractivity contribution in [3.8, 4) is 5.75 Å². The van der Waals surface area contributed by atoms with Crippen LogP contribution in [-0.2, 0) is 4.74 Å². The first-order valence-corrected chi connectivity index (χ1v) is 6.72. The highest BCUT2D eigenvalue weighted by Crippen LogP contribution is 2.14. The van der Waals surface area contributed by atoms with E-state index >= 15 is 0 Å². The van der Waals surface area contributed by atoms with Crippen LogP contribution in [0.4, 0.5) is 0 Å². The molecule has 19 heavy (non-hydrogen) atoms. The summed E-state index contributed by atoms with van der Waals surface area (Å²) in [5.41, 5.74) is 0.630. The van der Waals surface area contributed by atoms with Crippen LogP contribution >= 0.6 is 0 Å². The summed E-state index contributed by atoms with van der Waals surface area (Å²) < 4.78 is 11.4. The second kappa shape index (κ2) is 6.68. The number of carbonyl (C=O) groups is 1. The minimum atomic E-state index is 0.0936. The third-order valence-corrected chi connectivity index (χ3v) is 3.33. The van der Waals surface area contributed by atoms with Crippen molar-refractivity contribution in [1.29, 1.82) is 0 Å². The Morgan fingerprint density at radius 2 is 2.37 bits per heavy atom. The lowest BCUT2D eigenvalue weighted by molar-refractivity contribution is -0.0564. The lowest BCUT2D eigenvalue weighted by Crippen LogP contribution is -2.47. The van der Waals surface area contributed by atoms with Crippen molar-refractivity contribution in [3.63, 3.8) is 0 Å². The monoisotopic (exact) mass is 263 g/mol. The molecule has 0 N–H and O–H groups in total. The molecule has 1 aromatic rings. The van der Waals surface area contributed by atoms with E-state index in [1.807, 2.05) is 12.1 Å². The zero-order chi connectivity index (χ0) is 13.7. The summed E-state index contributed by atoms with van der Waals surface area (Å²) in [7, 11) is 0. The molecule has 104 valence electrons. The molecule has 0 radical (unpaired) electrons. The number of ether oxygens (including phenoxy) is 2. The van der Waals surface area contributed by atoms with Gasteiger partial charge in [-0.3, -0.25) is 9.69 Å². The number of hydrogen-bond acceptors (Lipinski definition) is 4. The number of morpholine rings is 1. The normalized spacial score (nSPS) is 20.5. The van der Waals surface area contributed by atoms with E-state index in [0.717, 1.165) is 31.7 Å². The number of benzene rings is 1. The molecule has 1 unspecified atom stereocenters. The standard InChI is InChI=1S/C15H21NO3/c1-12(2)16-6-7-18-15(9-16)11-19-14-5-3-4-13(8-14)10-17/h3-5,8,10,12,15H,6-7,9,11H2,1-2H3. The lowest BCUT2D eigenvalue weighted by atomic mass is 10.2. The Morgan fingerprint density at radius 3 is 3.11 bits per heavy atom. The second-order valence-corrected chi connectivity index (χ2v) is 5.08. The molecular formula is C15H21NO3. The second-order valence-electron chi connectivity index (χ2n) is 5.08. The van der Waals surface area contributed by atoms with Crippen molar-refractivity contribution in [2.75, 3.05) is 26.3 Å². The van der Waals surface area contributed by atoms with Gasteiger partial charge in [-0.15, -0.1) is 0 Å². The van der Waals surface area contributed by atoms with Gasteiger partial charge in [0.15, 0.2) is 0 Å². The molecular weight excluding hydrogens is 242 g/mol. The Bertz CT molecular complexity index is 420. The average Bonchev–Trinajstić information content (AvgIpc) is 2.45. The fraction of sp³-hybridized carbons (Fsp3) is 0.533. The van der Waals surface area contributed by atoms with E-state index in [0.29, 0.717) is 18.2 Å². The minimum absolute atomic E-state index is 0.0936. The molecule has 0 aliphatic carbocycles. The van der Waals surface area contributed by atoms with Gasteiger partial charge in [-0.2, -0.15) is 0 Å². The highest BCUT2D eigenvalue weighted by atomic mass is 16.5. The summed E-state index contributed by atoms with van der Waals surface area (Å²) in [5.74, 6) is 0.717. The fourth-order valence-corrected chi connectivity index (χ4v) is 2.18. The van der Waals surface area contributed by atoms with Crippen LogP contribution in [0.15, 0.2) is 24.3 Å². The molecule has 0 saturated carbocycles. The zero-order valence-corrected chi connectivity index (χ0v) is 11.5. The molecule has 1 aliphatic rings. The first kappa shape index (κ1) is 14.0. The average molecular weight is 263 g/mol. The van der Waals surface area contributed by atoms with Crippen molar-refractivity contribution in [3.05, 3.63) is 29.8 Å². The summed E-state index contributed by atoms with van der Waals surface area (Å²) in [6.45, 7) is 7.53. The van der Waals surface area contributed by atoms with E-state index in [4.69, 9.17) is 9.47 Å². The van der Waals surface area contributed by atoms with Crippen molar-refractivity contribution >= 4 is 6.29 Å². The molecule has 4 heteroatoms. The maximum atomic E-state index is 10.7. The van der Waals surface area contributed by atoms with E-state index in [2.05, 4.69) is 18.7 Å². The smallest absolute Gasteiger partial charge is 0.150 e. The molecule has 1 atom stereocenters. The predicted octanol–water partition coefficient (Wildman–Crippen LogP) is 1.99. The summed E-state index contributed by atoms with van der Waals surface area (Å²) in [4.78, 5) is 13.1. The minimum Gasteiger partial charge on any atom is -0.491 e. The van der Waals surface area contributed by atoms with Gasteiger partial charge in [-0.25, -0.2) is 0 Å². The Kier molecular flexibility index (Phi) is 4.93. The van der Waals surface area contributed by atoms with E-state index < -0.39 is 0 Å². The Balaban J connectivity index is 1.85. The quantitative estimate of drug-likeness (QED) is 0.762. The molecule has 1 heterocycles. The van der Waals surface area contributed by atoms with Gasteiger partial charge in [0.2, 0.25) is 0 Å². The molecule has 1 fully saturated rings. The van der Waals surface area contributed by atoms with Crippen LogP contribution in [0.25, 0.3) is 0 Å². The summed E-state index contributed by atoms with van der Waals surface area (Å²) >= 11 is 0.